The van der Waals surface area contributed by atoms with Gasteiger partial charge >= 0.3 is 5.97 Å². The number of aromatic nitrogens is 2. The van der Waals surface area contributed by atoms with E-state index >= 15 is 0 Å². The number of carbonyl (C=O) groups excluding carboxylic acids is 1. The van der Waals surface area contributed by atoms with Gasteiger partial charge in [-0.15, -0.1) is 11.3 Å². The van der Waals surface area contributed by atoms with Crippen LogP contribution in [0.15, 0.2) is 47.5 Å². The summed E-state index contributed by atoms with van der Waals surface area (Å²) in [7, 11) is 1.39. The predicted octanol–water partition coefficient (Wildman–Crippen LogP) is 5.41. The van der Waals surface area contributed by atoms with E-state index < -0.39 is 0 Å². The second-order valence-electron chi connectivity index (χ2n) is 5.97. The molecule has 2 heterocycles. The Morgan fingerprint density at radius 3 is 2.81 bits per heavy atom. The maximum atomic E-state index is 12.3. The number of carbonyl (C=O) groups is 1. The molecule has 0 N–H and O–H groups in total. The summed E-state index contributed by atoms with van der Waals surface area (Å²) in [5, 5.41) is 3.17. The monoisotopic (exact) mass is 420 g/mol. The number of imidazole rings is 1. The number of halogens is 2. The van der Waals surface area contributed by atoms with Gasteiger partial charge in [-0.25, -0.2) is 9.78 Å². The van der Waals surface area contributed by atoms with E-state index in [0.717, 1.165) is 22.0 Å². The minimum Gasteiger partial charge on any atom is -0.466 e. The summed E-state index contributed by atoms with van der Waals surface area (Å²) in [4.78, 5) is 17.7. The molecule has 0 aliphatic carbocycles. The summed E-state index contributed by atoms with van der Waals surface area (Å²) in [5.74, 6) is 0.478. The first kappa shape index (κ1) is 19.7. The molecule has 0 unspecified atom stereocenters. The topological polar surface area (TPSA) is 44.1 Å². The highest BCUT2D eigenvalue weighted by atomic mass is 35.5. The molecule has 0 bridgehead atoms. The van der Waals surface area contributed by atoms with Crippen LogP contribution in [0.25, 0.3) is 6.08 Å². The van der Waals surface area contributed by atoms with Gasteiger partial charge in [0, 0.05) is 26.9 Å². The fourth-order valence-corrected chi connectivity index (χ4v) is 3.92. The number of rotatable bonds is 6. The van der Waals surface area contributed by atoms with E-state index in [2.05, 4.69) is 4.98 Å². The Bertz CT molecular complexity index is 978. The van der Waals surface area contributed by atoms with Crippen LogP contribution in [-0.4, -0.2) is 22.6 Å². The fraction of sp³-hybridized carbons (Fsp3) is 0.200. The lowest BCUT2D eigenvalue weighted by molar-refractivity contribution is -0.136. The van der Waals surface area contributed by atoms with Crippen LogP contribution >= 0.6 is 34.5 Å². The van der Waals surface area contributed by atoms with Gasteiger partial charge < -0.3 is 9.30 Å². The number of esters is 1. The van der Waals surface area contributed by atoms with Gasteiger partial charge in [-0.3, -0.25) is 0 Å². The molecule has 3 rings (SSSR count). The van der Waals surface area contributed by atoms with Crippen molar-refractivity contribution >= 4 is 46.6 Å². The van der Waals surface area contributed by atoms with Gasteiger partial charge in [0.2, 0.25) is 0 Å². The van der Waals surface area contributed by atoms with Crippen LogP contribution in [0.2, 0.25) is 10.0 Å². The Balaban J connectivity index is 1.95. The molecule has 0 aliphatic rings. The summed E-state index contributed by atoms with van der Waals surface area (Å²) in [6.07, 6.45) is 4.09. The summed E-state index contributed by atoms with van der Waals surface area (Å²) in [6.45, 7) is 2.44. The van der Waals surface area contributed by atoms with Crippen molar-refractivity contribution in [1.82, 2.24) is 9.55 Å². The number of hydrogen-bond donors (Lipinski definition) is 0. The molecule has 140 valence electrons. The predicted molar refractivity (Wildman–Crippen MR) is 111 cm³/mol. The number of aryl methyl sites for hydroxylation is 1. The second-order valence-corrected chi connectivity index (χ2v) is 7.85. The zero-order valence-corrected chi connectivity index (χ0v) is 17.2. The molecule has 1 aromatic carbocycles. The van der Waals surface area contributed by atoms with Gasteiger partial charge in [0.25, 0.3) is 0 Å². The van der Waals surface area contributed by atoms with Gasteiger partial charge in [-0.05, 0) is 42.1 Å². The average molecular weight is 421 g/mol. The fourth-order valence-electron chi connectivity index (χ4n) is 2.72. The van der Waals surface area contributed by atoms with Crippen molar-refractivity contribution in [3.05, 3.63) is 79.5 Å². The molecule has 0 spiro atoms. The van der Waals surface area contributed by atoms with E-state index in [4.69, 9.17) is 27.9 Å². The molecule has 0 saturated heterocycles. The summed E-state index contributed by atoms with van der Waals surface area (Å²) in [6, 6.07) is 9.38. The van der Waals surface area contributed by atoms with Gasteiger partial charge in [-0.2, -0.15) is 0 Å². The van der Waals surface area contributed by atoms with Crippen LogP contribution in [0.5, 0.6) is 0 Å². The van der Waals surface area contributed by atoms with Crippen LogP contribution in [0.1, 0.15) is 22.0 Å². The largest absolute Gasteiger partial charge is 0.466 e. The van der Waals surface area contributed by atoms with E-state index in [1.165, 1.54) is 7.11 Å². The Morgan fingerprint density at radius 1 is 1.33 bits per heavy atom. The van der Waals surface area contributed by atoms with Crippen molar-refractivity contribution < 1.29 is 9.53 Å². The van der Waals surface area contributed by atoms with E-state index in [1.807, 2.05) is 41.1 Å². The Labute approximate surface area is 172 Å². The van der Waals surface area contributed by atoms with Crippen LogP contribution in [0, 0.1) is 6.92 Å². The van der Waals surface area contributed by atoms with E-state index in [1.54, 1.807) is 29.7 Å². The van der Waals surface area contributed by atoms with Crippen LogP contribution in [-0.2, 0) is 22.5 Å². The highest BCUT2D eigenvalue weighted by Gasteiger charge is 2.15. The third kappa shape index (κ3) is 4.80. The minimum atomic E-state index is -0.349. The molecular formula is C20H18Cl2N2O2S. The molecule has 0 saturated carbocycles. The molecule has 7 heteroatoms. The summed E-state index contributed by atoms with van der Waals surface area (Å²) < 4.78 is 6.97. The number of hydrogen-bond acceptors (Lipinski definition) is 4. The Hall–Kier alpha value is -2.08. The van der Waals surface area contributed by atoms with Gasteiger partial charge in [0.05, 0.1) is 25.5 Å². The van der Waals surface area contributed by atoms with Crippen LogP contribution < -0.4 is 0 Å². The zero-order chi connectivity index (χ0) is 19.4. The van der Waals surface area contributed by atoms with Gasteiger partial charge in [0.1, 0.15) is 5.82 Å². The molecule has 0 atom stereocenters. The lowest BCUT2D eigenvalue weighted by atomic mass is 10.1. The number of benzene rings is 1. The minimum absolute atomic E-state index is 0.349. The zero-order valence-electron chi connectivity index (χ0n) is 14.9. The standard InChI is InChI=1S/C20H18Cl2N2O2S/c1-13-23-11-17(24(13)12-14-5-6-16(21)10-19(14)22)8-15(20(25)26-2)9-18-4-3-7-27-18/h3-8,10-11H,9,12H2,1-2H3. The van der Waals surface area contributed by atoms with E-state index in [9.17, 15) is 4.79 Å². The first-order valence-electron chi connectivity index (χ1n) is 8.25. The molecule has 4 nitrogen and oxygen atoms in total. The Kier molecular flexibility index (Phi) is 6.37. The van der Waals surface area contributed by atoms with Gasteiger partial charge in [-0.1, -0.05) is 35.3 Å². The first-order valence-corrected chi connectivity index (χ1v) is 9.89. The first-order chi connectivity index (χ1) is 13.0. The second kappa shape index (κ2) is 8.74. The van der Waals surface area contributed by atoms with Crippen molar-refractivity contribution in [2.75, 3.05) is 7.11 Å². The Morgan fingerprint density at radius 2 is 2.15 bits per heavy atom. The van der Waals surface area contributed by atoms with E-state index in [0.29, 0.717) is 28.6 Å². The lowest BCUT2D eigenvalue weighted by Gasteiger charge is -2.11. The molecule has 27 heavy (non-hydrogen) atoms. The molecule has 0 fully saturated rings. The maximum absolute atomic E-state index is 12.3. The third-order valence-corrected chi connectivity index (χ3v) is 5.61. The summed E-state index contributed by atoms with van der Waals surface area (Å²) >= 11 is 13.9. The normalized spacial score (nSPS) is 11.6. The molecular weight excluding hydrogens is 403 g/mol. The summed E-state index contributed by atoms with van der Waals surface area (Å²) in [5.41, 5.74) is 2.31. The molecule has 0 aliphatic heterocycles. The highest BCUT2D eigenvalue weighted by molar-refractivity contribution is 7.09. The smallest absolute Gasteiger partial charge is 0.334 e. The van der Waals surface area contributed by atoms with Crippen molar-refractivity contribution in [3.63, 3.8) is 0 Å². The van der Waals surface area contributed by atoms with Crippen LogP contribution in [0.4, 0.5) is 0 Å². The third-order valence-electron chi connectivity index (χ3n) is 4.14. The van der Waals surface area contributed by atoms with Crippen molar-refractivity contribution in [3.8, 4) is 0 Å². The van der Waals surface area contributed by atoms with Crippen LogP contribution in [0.3, 0.4) is 0 Å². The average Bonchev–Trinajstić information content (AvgIpc) is 3.27. The maximum Gasteiger partial charge on any atom is 0.334 e. The van der Waals surface area contributed by atoms with E-state index in [-0.39, 0.29) is 5.97 Å². The quantitative estimate of drug-likeness (QED) is 0.395. The SMILES string of the molecule is COC(=O)C(=Cc1cnc(C)n1Cc1ccc(Cl)cc1Cl)Cc1cccs1. The lowest BCUT2D eigenvalue weighted by Crippen LogP contribution is -2.09. The molecule has 2 aromatic heterocycles. The number of thiophene rings is 1. The number of methoxy groups -OCH3 is 1. The van der Waals surface area contributed by atoms with Crippen molar-refractivity contribution in [2.24, 2.45) is 0 Å². The highest BCUT2D eigenvalue weighted by Crippen LogP contribution is 2.24. The number of ether oxygens (including phenoxy) is 1. The molecule has 3 aromatic rings. The molecule has 0 amide bonds. The number of nitrogens with zero attached hydrogens (tertiary/aromatic N) is 2. The van der Waals surface area contributed by atoms with Crippen molar-refractivity contribution in [1.29, 1.82) is 0 Å². The molecule has 0 radical (unpaired) electrons. The van der Waals surface area contributed by atoms with Gasteiger partial charge in [0.15, 0.2) is 0 Å². The van der Waals surface area contributed by atoms with Crippen molar-refractivity contribution in [2.45, 2.75) is 19.9 Å².